The van der Waals surface area contributed by atoms with Crippen LogP contribution in [-0.2, 0) is 4.74 Å². The molecule has 0 unspecified atom stereocenters. The van der Waals surface area contributed by atoms with Gasteiger partial charge in [0.15, 0.2) is 0 Å². The summed E-state index contributed by atoms with van der Waals surface area (Å²) in [5.41, 5.74) is 0.416. The highest BCUT2D eigenvalue weighted by atomic mass is 16.5. The summed E-state index contributed by atoms with van der Waals surface area (Å²) in [7, 11) is 0. The van der Waals surface area contributed by atoms with E-state index in [1.165, 1.54) is 25.7 Å². The van der Waals surface area contributed by atoms with Crippen molar-refractivity contribution in [3.05, 3.63) is 0 Å². The summed E-state index contributed by atoms with van der Waals surface area (Å²) in [5.74, 6) is 0. The van der Waals surface area contributed by atoms with Crippen molar-refractivity contribution in [2.75, 3.05) is 19.8 Å². The fraction of sp³-hybridized carbons (Fsp3) is 1.00. The molecule has 1 N–H and O–H groups in total. The first-order valence-corrected chi connectivity index (χ1v) is 6.01. The summed E-state index contributed by atoms with van der Waals surface area (Å²) in [5, 5.41) is 3.68. The number of nitrogens with one attached hydrogen (secondary N) is 1. The van der Waals surface area contributed by atoms with Crippen molar-refractivity contribution >= 4 is 0 Å². The van der Waals surface area contributed by atoms with Gasteiger partial charge in [0.05, 0.1) is 13.2 Å². The highest BCUT2D eigenvalue weighted by Crippen LogP contribution is 2.25. The van der Waals surface area contributed by atoms with Crippen LogP contribution in [0.5, 0.6) is 0 Å². The van der Waals surface area contributed by atoms with E-state index in [9.17, 15) is 0 Å². The molecule has 1 saturated heterocycles. The third-order valence-corrected chi connectivity index (χ3v) is 2.99. The lowest BCUT2D eigenvalue weighted by molar-refractivity contribution is -0.100. The quantitative estimate of drug-likeness (QED) is 0.680. The zero-order valence-corrected chi connectivity index (χ0v) is 9.94. The first kappa shape index (κ1) is 12.0. The Morgan fingerprint density at radius 2 is 1.79 bits per heavy atom. The van der Waals surface area contributed by atoms with E-state index in [0.717, 1.165) is 25.8 Å². The van der Waals surface area contributed by atoms with Gasteiger partial charge in [0.25, 0.3) is 0 Å². The molecule has 0 atom stereocenters. The molecule has 0 aromatic heterocycles. The lowest BCUT2D eigenvalue weighted by Crippen LogP contribution is -2.49. The first-order valence-electron chi connectivity index (χ1n) is 6.01. The van der Waals surface area contributed by atoms with Crippen LogP contribution >= 0.6 is 0 Å². The van der Waals surface area contributed by atoms with Crippen molar-refractivity contribution in [1.29, 1.82) is 0 Å². The maximum Gasteiger partial charge on any atom is 0.0554 e. The minimum atomic E-state index is 0.416. The second-order valence-electron chi connectivity index (χ2n) is 4.96. The lowest BCUT2D eigenvalue weighted by atomic mass is 9.88. The van der Waals surface area contributed by atoms with Gasteiger partial charge in [0.2, 0.25) is 0 Å². The topological polar surface area (TPSA) is 21.3 Å². The van der Waals surface area contributed by atoms with E-state index in [-0.39, 0.29) is 0 Å². The third-order valence-electron chi connectivity index (χ3n) is 2.99. The van der Waals surface area contributed by atoms with Crippen LogP contribution in [0.1, 0.15) is 46.5 Å². The van der Waals surface area contributed by atoms with E-state index in [1.807, 2.05) is 0 Å². The Morgan fingerprint density at radius 1 is 1.21 bits per heavy atom. The summed E-state index contributed by atoms with van der Waals surface area (Å²) in [6.07, 6.45) is 5.19. The van der Waals surface area contributed by atoms with E-state index in [4.69, 9.17) is 4.74 Å². The van der Waals surface area contributed by atoms with Gasteiger partial charge in [-0.2, -0.15) is 0 Å². The average Bonchev–Trinajstić information content (AvgIpc) is 2.12. The minimum Gasteiger partial charge on any atom is -0.380 e. The molecular weight excluding hydrogens is 174 g/mol. The summed E-state index contributed by atoms with van der Waals surface area (Å²) < 4.78 is 5.25. The molecule has 1 heterocycles. The Morgan fingerprint density at radius 3 is 2.14 bits per heavy atom. The van der Waals surface area contributed by atoms with Gasteiger partial charge in [-0.15, -0.1) is 0 Å². The molecule has 0 saturated carbocycles. The molecule has 0 bridgehead atoms. The Bertz CT molecular complexity index is 148. The predicted octanol–water partition coefficient (Wildman–Crippen LogP) is 2.58. The van der Waals surface area contributed by atoms with Gasteiger partial charge >= 0.3 is 0 Å². The van der Waals surface area contributed by atoms with Crippen LogP contribution in [0.15, 0.2) is 0 Å². The van der Waals surface area contributed by atoms with Gasteiger partial charge in [-0.3, -0.25) is 0 Å². The molecule has 1 rings (SSSR count). The van der Waals surface area contributed by atoms with Gasteiger partial charge in [0.1, 0.15) is 0 Å². The number of ether oxygens (including phenoxy) is 1. The molecule has 0 aromatic carbocycles. The van der Waals surface area contributed by atoms with Crippen LogP contribution in [0.2, 0.25) is 0 Å². The third kappa shape index (κ3) is 3.58. The molecule has 84 valence electrons. The van der Waals surface area contributed by atoms with E-state index in [2.05, 4.69) is 26.1 Å². The molecule has 0 spiro atoms. The largest absolute Gasteiger partial charge is 0.380 e. The zero-order chi connectivity index (χ0) is 10.4. The SMILES string of the molecule is CCCC(CCC)NCC1(C)COC1. The zero-order valence-electron chi connectivity index (χ0n) is 9.94. The van der Waals surface area contributed by atoms with Crippen molar-refractivity contribution in [1.82, 2.24) is 5.32 Å². The molecule has 2 nitrogen and oxygen atoms in total. The monoisotopic (exact) mass is 199 g/mol. The molecule has 0 radical (unpaired) electrons. The summed E-state index contributed by atoms with van der Waals surface area (Å²) >= 11 is 0. The molecular formula is C12H25NO. The van der Waals surface area contributed by atoms with Gasteiger partial charge < -0.3 is 10.1 Å². The average molecular weight is 199 g/mol. The van der Waals surface area contributed by atoms with Crippen molar-refractivity contribution in [2.45, 2.75) is 52.5 Å². The smallest absolute Gasteiger partial charge is 0.0554 e. The minimum absolute atomic E-state index is 0.416. The maximum absolute atomic E-state index is 5.25. The Labute approximate surface area is 88.4 Å². The van der Waals surface area contributed by atoms with E-state index >= 15 is 0 Å². The lowest BCUT2D eigenvalue weighted by Gasteiger charge is -2.39. The van der Waals surface area contributed by atoms with Gasteiger partial charge in [-0.05, 0) is 12.8 Å². The summed E-state index contributed by atoms with van der Waals surface area (Å²) in [6.45, 7) is 9.82. The number of hydrogen-bond acceptors (Lipinski definition) is 2. The molecule has 0 amide bonds. The Balaban J connectivity index is 2.17. The maximum atomic E-state index is 5.25. The van der Waals surface area contributed by atoms with Crippen LogP contribution in [0.3, 0.4) is 0 Å². The van der Waals surface area contributed by atoms with Gasteiger partial charge in [-0.1, -0.05) is 33.6 Å². The predicted molar refractivity (Wildman–Crippen MR) is 60.5 cm³/mol. The van der Waals surface area contributed by atoms with Gasteiger partial charge in [-0.25, -0.2) is 0 Å². The molecule has 0 aliphatic carbocycles. The number of rotatable bonds is 7. The van der Waals surface area contributed by atoms with Crippen molar-refractivity contribution < 1.29 is 4.74 Å². The van der Waals surface area contributed by atoms with Crippen LogP contribution < -0.4 is 5.32 Å². The summed E-state index contributed by atoms with van der Waals surface area (Å²) in [6, 6.07) is 0.724. The van der Waals surface area contributed by atoms with Crippen LogP contribution in [0.25, 0.3) is 0 Å². The van der Waals surface area contributed by atoms with Crippen LogP contribution in [0.4, 0.5) is 0 Å². The van der Waals surface area contributed by atoms with Gasteiger partial charge in [0, 0.05) is 18.0 Å². The van der Waals surface area contributed by atoms with Crippen molar-refractivity contribution in [3.63, 3.8) is 0 Å². The molecule has 14 heavy (non-hydrogen) atoms. The fourth-order valence-electron chi connectivity index (χ4n) is 1.99. The van der Waals surface area contributed by atoms with Crippen molar-refractivity contribution in [3.8, 4) is 0 Å². The molecule has 0 aromatic rings. The normalized spacial score (nSPS) is 19.7. The Hall–Kier alpha value is -0.0800. The second-order valence-corrected chi connectivity index (χ2v) is 4.96. The summed E-state index contributed by atoms with van der Waals surface area (Å²) in [4.78, 5) is 0. The highest BCUT2D eigenvalue weighted by molar-refractivity contribution is 4.84. The molecule has 2 heteroatoms. The standard InChI is InChI=1S/C12H25NO/c1-4-6-11(7-5-2)13-8-12(3)9-14-10-12/h11,13H,4-10H2,1-3H3. The van der Waals surface area contributed by atoms with Crippen LogP contribution in [0, 0.1) is 5.41 Å². The second kappa shape index (κ2) is 5.72. The number of hydrogen-bond donors (Lipinski definition) is 1. The Kier molecular flexibility index (Phi) is 4.90. The van der Waals surface area contributed by atoms with E-state index < -0.39 is 0 Å². The van der Waals surface area contributed by atoms with Crippen molar-refractivity contribution in [2.24, 2.45) is 5.41 Å². The van der Waals surface area contributed by atoms with E-state index in [0.29, 0.717) is 5.41 Å². The first-order chi connectivity index (χ1) is 6.70. The molecule has 1 aliphatic rings. The fourth-order valence-corrected chi connectivity index (χ4v) is 1.99. The highest BCUT2D eigenvalue weighted by Gasteiger charge is 2.33. The van der Waals surface area contributed by atoms with E-state index in [1.54, 1.807) is 0 Å². The molecule has 1 aliphatic heterocycles. The van der Waals surface area contributed by atoms with Crippen LogP contribution in [-0.4, -0.2) is 25.8 Å². The molecule has 1 fully saturated rings.